The molecular weight excluding hydrogens is 425 g/mol. The number of aryl methyl sites for hydroxylation is 2. The van der Waals surface area contributed by atoms with E-state index in [1.54, 1.807) is 12.1 Å². The maximum atomic E-state index is 13.7. The highest BCUT2D eigenvalue weighted by Crippen LogP contribution is 2.31. The van der Waals surface area contributed by atoms with Gasteiger partial charge in [0.05, 0.1) is 11.1 Å². The number of anilines is 1. The van der Waals surface area contributed by atoms with Crippen LogP contribution >= 0.6 is 0 Å². The molecule has 0 spiro atoms. The number of hydrogen-bond donors (Lipinski definition) is 0. The summed E-state index contributed by atoms with van der Waals surface area (Å²) in [7, 11) is 0. The minimum absolute atomic E-state index is 0.0346. The van der Waals surface area contributed by atoms with Gasteiger partial charge in [-0.15, -0.1) is 0 Å². The molecule has 3 aromatic carbocycles. The number of piperazine rings is 1. The van der Waals surface area contributed by atoms with Crippen LogP contribution in [0.15, 0.2) is 66.7 Å². The average molecular weight is 454 g/mol. The van der Waals surface area contributed by atoms with Crippen LogP contribution in [0, 0.1) is 26.6 Å². The van der Waals surface area contributed by atoms with Crippen molar-refractivity contribution in [3.05, 3.63) is 94.9 Å². The van der Waals surface area contributed by atoms with Crippen LogP contribution in [0.1, 0.15) is 27.2 Å². The molecule has 4 aromatic rings. The Morgan fingerprint density at radius 3 is 2.32 bits per heavy atom. The second kappa shape index (κ2) is 8.90. The molecular formula is C29H28FN3O. The van der Waals surface area contributed by atoms with E-state index in [0.717, 1.165) is 40.8 Å². The maximum Gasteiger partial charge on any atom is 0.254 e. The molecule has 0 N–H and O–H groups in total. The lowest BCUT2D eigenvalue weighted by atomic mass is 9.98. The molecule has 172 valence electrons. The van der Waals surface area contributed by atoms with Crippen molar-refractivity contribution in [3.8, 4) is 11.1 Å². The number of benzene rings is 3. The highest BCUT2D eigenvalue weighted by molar-refractivity contribution is 6.09. The minimum atomic E-state index is -0.274. The van der Waals surface area contributed by atoms with Gasteiger partial charge in [-0.05, 0) is 61.7 Å². The summed E-state index contributed by atoms with van der Waals surface area (Å²) in [6, 6.07) is 20.5. The molecule has 0 radical (unpaired) electrons. The molecule has 34 heavy (non-hydrogen) atoms. The molecule has 5 heteroatoms. The van der Waals surface area contributed by atoms with E-state index < -0.39 is 0 Å². The Hall–Kier alpha value is -3.73. The fourth-order valence-electron chi connectivity index (χ4n) is 4.81. The first-order chi connectivity index (χ1) is 16.4. The molecule has 2 heterocycles. The summed E-state index contributed by atoms with van der Waals surface area (Å²) in [4.78, 5) is 22.7. The number of para-hydroxylation sites is 1. The molecule has 5 rings (SSSR count). The Morgan fingerprint density at radius 1 is 0.882 bits per heavy atom. The quantitative estimate of drug-likeness (QED) is 0.386. The molecule has 1 amide bonds. The Balaban J connectivity index is 1.44. The summed E-state index contributed by atoms with van der Waals surface area (Å²) in [6.07, 6.45) is 0. The molecule has 0 atom stereocenters. The highest BCUT2D eigenvalue weighted by Gasteiger charge is 2.25. The monoisotopic (exact) mass is 453 g/mol. The summed E-state index contributed by atoms with van der Waals surface area (Å²) < 4.78 is 13.5. The van der Waals surface area contributed by atoms with Crippen molar-refractivity contribution in [1.29, 1.82) is 0 Å². The van der Waals surface area contributed by atoms with Crippen molar-refractivity contribution in [3.63, 3.8) is 0 Å². The third-order valence-electron chi connectivity index (χ3n) is 6.84. The van der Waals surface area contributed by atoms with Crippen molar-refractivity contribution in [2.24, 2.45) is 0 Å². The molecule has 4 nitrogen and oxygen atoms in total. The number of halogens is 1. The van der Waals surface area contributed by atoms with Crippen LogP contribution in [0.5, 0.6) is 0 Å². The van der Waals surface area contributed by atoms with Gasteiger partial charge in [0.15, 0.2) is 0 Å². The third kappa shape index (κ3) is 4.03. The summed E-state index contributed by atoms with van der Waals surface area (Å²) in [5.41, 5.74) is 7.84. The Labute approximate surface area is 199 Å². The molecule has 1 aromatic heterocycles. The predicted molar refractivity (Wildman–Crippen MR) is 136 cm³/mol. The predicted octanol–water partition coefficient (Wildman–Crippen LogP) is 5.93. The first-order valence-corrected chi connectivity index (χ1v) is 11.7. The molecule has 1 aliphatic rings. The van der Waals surface area contributed by atoms with E-state index in [0.29, 0.717) is 18.7 Å². The largest absolute Gasteiger partial charge is 0.368 e. The van der Waals surface area contributed by atoms with Crippen molar-refractivity contribution in [2.45, 2.75) is 20.8 Å². The van der Waals surface area contributed by atoms with Gasteiger partial charge in [0.25, 0.3) is 5.91 Å². The van der Waals surface area contributed by atoms with Crippen LogP contribution in [0.25, 0.3) is 22.0 Å². The van der Waals surface area contributed by atoms with Crippen LogP contribution in [0.2, 0.25) is 0 Å². The number of carbonyl (C=O) groups excluding carboxylic acids is 1. The number of rotatable bonds is 3. The smallest absolute Gasteiger partial charge is 0.254 e. The average Bonchev–Trinajstić information content (AvgIpc) is 2.85. The van der Waals surface area contributed by atoms with Crippen LogP contribution in [-0.2, 0) is 0 Å². The van der Waals surface area contributed by atoms with Crippen molar-refractivity contribution in [1.82, 2.24) is 9.88 Å². The lowest BCUT2D eigenvalue weighted by Gasteiger charge is -2.37. The topological polar surface area (TPSA) is 36.4 Å². The van der Waals surface area contributed by atoms with Crippen LogP contribution in [0.4, 0.5) is 10.1 Å². The second-order valence-corrected chi connectivity index (χ2v) is 9.02. The molecule has 0 aliphatic carbocycles. The van der Waals surface area contributed by atoms with E-state index in [2.05, 4.69) is 36.9 Å². The number of nitrogens with zero attached hydrogens (tertiary/aromatic N) is 3. The summed E-state index contributed by atoms with van der Waals surface area (Å²) in [5.74, 6) is -0.239. The van der Waals surface area contributed by atoms with Gasteiger partial charge in [-0.2, -0.15) is 0 Å². The summed E-state index contributed by atoms with van der Waals surface area (Å²) >= 11 is 0. The molecule has 1 saturated heterocycles. The lowest BCUT2D eigenvalue weighted by molar-refractivity contribution is 0.0748. The Kier molecular flexibility index (Phi) is 5.78. The molecule has 0 saturated carbocycles. The summed E-state index contributed by atoms with van der Waals surface area (Å²) in [6.45, 7) is 9.16. The summed E-state index contributed by atoms with van der Waals surface area (Å²) in [5, 5.41) is 0.828. The zero-order valence-corrected chi connectivity index (χ0v) is 19.8. The normalized spacial score (nSPS) is 14.0. The van der Waals surface area contributed by atoms with Gasteiger partial charge in [-0.1, -0.05) is 42.5 Å². The van der Waals surface area contributed by atoms with Gasteiger partial charge < -0.3 is 9.80 Å². The van der Waals surface area contributed by atoms with E-state index in [-0.39, 0.29) is 11.7 Å². The van der Waals surface area contributed by atoms with Gasteiger partial charge in [0, 0.05) is 48.5 Å². The molecule has 1 fully saturated rings. The van der Waals surface area contributed by atoms with Crippen molar-refractivity contribution < 1.29 is 9.18 Å². The van der Waals surface area contributed by atoms with E-state index in [1.165, 1.54) is 28.9 Å². The molecule has 0 unspecified atom stereocenters. The number of pyridine rings is 1. The Morgan fingerprint density at radius 2 is 1.59 bits per heavy atom. The van der Waals surface area contributed by atoms with Crippen molar-refractivity contribution >= 4 is 22.5 Å². The van der Waals surface area contributed by atoms with Crippen LogP contribution in [0.3, 0.4) is 0 Å². The van der Waals surface area contributed by atoms with E-state index in [1.807, 2.05) is 36.1 Å². The van der Waals surface area contributed by atoms with Crippen LogP contribution < -0.4 is 4.90 Å². The van der Waals surface area contributed by atoms with Gasteiger partial charge in [-0.25, -0.2) is 4.39 Å². The van der Waals surface area contributed by atoms with Gasteiger partial charge in [0.1, 0.15) is 5.82 Å². The number of hydrogen-bond acceptors (Lipinski definition) is 3. The fourth-order valence-corrected chi connectivity index (χ4v) is 4.81. The second-order valence-electron chi connectivity index (χ2n) is 9.02. The third-order valence-corrected chi connectivity index (χ3v) is 6.84. The number of carbonyl (C=O) groups is 1. The van der Waals surface area contributed by atoms with Crippen molar-refractivity contribution in [2.75, 3.05) is 31.1 Å². The first-order valence-electron chi connectivity index (χ1n) is 11.7. The Bertz CT molecular complexity index is 1370. The number of amides is 1. The van der Waals surface area contributed by atoms with Gasteiger partial charge >= 0.3 is 0 Å². The van der Waals surface area contributed by atoms with E-state index in [9.17, 15) is 9.18 Å². The standard InChI is InChI=1S/C29H28FN3O/c1-19-6-4-9-27(21(19)3)32-14-16-33(17-15-32)29(34)26-18-20(2)31-28-24(7-5-8-25(26)28)22-10-12-23(30)13-11-22/h4-13,18H,14-17H2,1-3H3. The molecule has 1 aliphatic heterocycles. The van der Waals surface area contributed by atoms with Crippen LogP contribution in [-0.4, -0.2) is 42.0 Å². The van der Waals surface area contributed by atoms with Gasteiger partial charge in [0.2, 0.25) is 0 Å². The maximum absolute atomic E-state index is 13.7. The molecule has 0 bridgehead atoms. The minimum Gasteiger partial charge on any atom is -0.368 e. The van der Waals surface area contributed by atoms with E-state index >= 15 is 0 Å². The zero-order valence-electron chi connectivity index (χ0n) is 19.8. The lowest BCUT2D eigenvalue weighted by Crippen LogP contribution is -2.49. The zero-order chi connectivity index (χ0) is 23.8. The number of aromatic nitrogens is 1. The SMILES string of the molecule is Cc1cc(C(=O)N2CCN(c3cccc(C)c3C)CC2)c2cccc(-c3ccc(F)cc3)c2n1. The number of fused-ring (bicyclic) bond motifs is 1. The fraction of sp³-hybridized carbons (Fsp3) is 0.241. The van der Waals surface area contributed by atoms with Gasteiger partial charge in [-0.3, -0.25) is 9.78 Å². The highest BCUT2D eigenvalue weighted by atomic mass is 19.1. The first kappa shape index (κ1) is 22.1. The van der Waals surface area contributed by atoms with E-state index in [4.69, 9.17) is 4.98 Å².